The molecule has 0 radical (unpaired) electrons. The minimum Gasteiger partial charge on any atom is -0.164 e. The fourth-order valence-corrected chi connectivity index (χ4v) is 0.989. The average Bonchev–Trinajstić information content (AvgIpc) is 2.03. The van der Waals surface area contributed by atoms with Crippen molar-refractivity contribution in [3.8, 4) is 0 Å². The van der Waals surface area contributed by atoms with E-state index in [4.69, 9.17) is 0 Å². The van der Waals surface area contributed by atoms with Crippen molar-refractivity contribution < 1.29 is 13.2 Å². The average molecular weight is 288 g/mol. The van der Waals surface area contributed by atoms with Gasteiger partial charge in [0.2, 0.25) is 0 Å². The number of nitrogens with zero attached hydrogens (tertiary/aromatic N) is 2. The van der Waals surface area contributed by atoms with E-state index in [0.717, 1.165) is 6.07 Å². The van der Waals surface area contributed by atoms with Crippen molar-refractivity contribution in [2.45, 2.75) is 10.6 Å². The number of halogens is 4. The van der Waals surface area contributed by atoms with Crippen molar-refractivity contribution in [1.82, 2.24) is 10.2 Å². The van der Waals surface area contributed by atoms with Crippen LogP contribution >= 0.6 is 22.6 Å². The third-order valence-corrected chi connectivity index (χ3v) is 1.93. The molecule has 0 aliphatic rings. The van der Waals surface area contributed by atoms with Crippen molar-refractivity contribution in [3.63, 3.8) is 0 Å². The molecule has 0 aliphatic heterocycles. The molecule has 66 valence electrons. The summed E-state index contributed by atoms with van der Waals surface area (Å²) in [6.07, 6.45) is -4.39. The summed E-state index contributed by atoms with van der Waals surface area (Å²) < 4.78 is 36.3. The van der Waals surface area contributed by atoms with E-state index >= 15 is 0 Å². The van der Waals surface area contributed by atoms with Crippen LogP contribution in [-0.2, 0) is 10.6 Å². The first-order valence-electron chi connectivity index (χ1n) is 3.00. The Morgan fingerprint density at radius 2 is 1.92 bits per heavy atom. The minimum absolute atomic E-state index is 0.545. The van der Waals surface area contributed by atoms with Crippen LogP contribution in [-0.4, -0.2) is 10.2 Å². The Bertz CT molecular complexity index is 256. The molecular formula is C6H4F3IN2. The number of alkyl halides is 4. The van der Waals surface area contributed by atoms with E-state index in [1.54, 1.807) is 0 Å². The molecular weight excluding hydrogens is 284 g/mol. The van der Waals surface area contributed by atoms with Crippen LogP contribution in [0.3, 0.4) is 0 Å². The van der Waals surface area contributed by atoms with Crippen molar-refractivity contribution in [3.05, 3.63) is 23.5 Å². The highest BCUT2D eigenvalue weighted by Gasteiger charge is 2.32. The first-order valence-corrected chi connectivity index (χ1v) is 4.52. The van der Waals surface area contributed by atoms with Gasteiger partial charge < -0.3 is 0 Å². The van der Waals surface area contributed by atoms with E-state index in [0.29, 0.717) is 10.1 Å². The van der Waals surface area contributed by atoms with Gasteiger partial charge in [0.25, 0.3) is 0 Å². The van der Waals surface area contributed by atoms with E-state index in [-0.39, 0.29) is 0 Å². The molecule has 12 heavy (non-hydrogen) atoms. The lowest BCUT2D eigenvalue weighted by Crippen LogP contribution is -2.09. The van der Waals surface area contributed by atoms with E-state index < -0.39 is 11.9 Å². The molecule has 0 aromatic carbocycles. The SMILES string of the molecule is FC(F)(F)c1ccc(CI)nn1. The highest BCUT2D eigenvalue weighted by Crippen LogP contribution is 2.26. The summed E-state index contributed by atoms with van der Waals surface area (Å²) in [4.78, 5) is 0. The molecule has 0 N–H and O–H groups in total. The smallest absolute Gasteiger partial charge is 0.164 e. The van der Waals surface area contributed by atoms with Gasteiger partial charge in [-0.05, 0) is 12.1 Å². The second-order valence-corrected chi connectivity index (χ2v) is 2.80. The number of aromatic nitrogens is 2. The fourth-order valence-electron chi connectivity index (χ4n) is 0.582. The van der Waals surface area contributed by atoms with Crippen molar-refractivity contribution in [2.75, 3.05) is 0 Å². The van der Waals surface area contributed by atoms with Gasteiger partial charge in [0.05, 0.1) is 5.69 Å². The lowest BCUT2D eigenvalue weighted by molar-refractivity contribution is -0.141. The summed E-state index contributed by atoms with van der Waals surface area (Å²) in [6, 6.07) is 2.25. The maximum atomic E-state index is 11.9. The van der Waals surface area contributed by atoms with Crippen LogP contribution in [0.25, 0.3) is 0 Å². The number of hydrogen-bond acceptors (Lipinski definition) is 2. The predicted molar refractivity (Wildman–Crippen MR) is 44.8 cm³/mol. The summed E-state index contributed by atoms with van der Waals surface area (Å²) in [5, 5.41) is 6.43. The Morgan fingerprint density at radius 3 is 2.25 bits per heavy atom. The van der Waals surface area contributed by atoms with Crippen LogP contribution in [0.2, 0.25) is 0 Å². The Kier molecular flexibility index (Phi) is 2.86. The van der Waals surface area contributed by atoms with Crippen LogP contribution in [0.15, 0.2) is 12.1 Å². The van der Waals surface area contributed by atoms with Crippen molar-refractivity contribution >= 4 is 22.6 Å². The first kappa shape index (κ1) is 9.69. The summed E-state index contributed by atoms with van der Waals surface area (Å²) in [6.45, 7) is 0. The second kappa shape index (κ2) is 3.55. The molecule has 0 fully saturated rings. The molecule has 1 aromatic heterocycles. The largest absolute Gasteiger partial charge is 0.435 e. The van der Waals surface area contributed by atoms with E-state index in [1.807, 2.05) is 22.6 Å². The van der Waals surface area contributed by atoms with Gasteiger partial charge in [-0.25, -0.2) is 0 Å². The van der Waals surface area contributed by atoms with Crippen LogP contribution in [0, 0.1) is 0 Å². The second-order valence-electron chi connectivity index (χ2n) is 2.04. The molecule has 0 bridgehead atoms. The molecule has 1 rings (SSSR count). The normalized spacial score (nSPS) is 11.7. The molecule has 0 aliphatic carbocycles. The van der Waals surface area contributed by atoms with Gasteiger partial charge in [-0.3, -0.25) is 0 Å². The number of hydrogen-bond donors (Lipinski definition) is 0. The van der Waals surface area contributed by atoms with Crippen LogP contribution in [0.5, 0.6) is 0 Å². The van der Waals surface area contributed by atoms with Crippen LogP contribution in [0.4, 0.5) is 13.2 Å². The zero-order chi connectivity index (χ0) is 9.19. The van der Waals surface area contributed by atoms with Crippen LogP contribution in [0.1, 0.15) is 11.4 Å². The summed E-state index contributed by atoms with van der Waals surface area (Å²) in [7, 11) is 0. The molecule has 1 heterocycles. The molecule has 2 nitrogen and oxygen atoms in total. The quantitative estimate of drug-likeness (QED) is 0.586. The molecule has 0 atom stereocenters. The fraction of sp³-hybridized carbons (Fsp3) is 0.333. The molecule has 0 amide bonds. The zero-order valence-corrected chi connectivity index (χ0v) is 7.93. The Morgan fingerprint density at radius 1 is 1.25 bits per heavy atom. The van der Waals surface area contributed by atoms with Gasteiger partial charge in [-0.2, -0.15) is 18.3 Å². The van der Waals surface area contributed by atoms with Gasteiger partial charge >= 0.3 is 6.18 Å². The van der Waals surface area contributed by atoms with Crippen LogP contribution < -0.4 is 0 Å². The molecule has 0 saturated carbocycles. The third kappa shape index (κ3) is 2.29. The summed E-state index contributed by atoms with van der Waals surface area (Å²) >= 11 is 2.00. The highest BCUT2D eigenvalue weighted by atomic mass is 127. The van der Waals surface area contributed by atoms with Gasteiger partial charge in [0.1, 0.15) is 0 Å². The van der Waals surface area contributed by atoms with E-state index in [2.05, 4.69) is 10.2 Å². The van der Waals surface area contributed by atoms with Gasteiger partial charge in [0.15, 0.2) is 5.69 Å². The Balaban J connectivity index is 2.93. The summed E-state index contributed by atoms with van der Waals surface area (Å²) in [5.41, 5.74) is -0.403. The third-order valence-electron chi connectivity index (χ3n) is 1.15. The van der Waals surface area contributed by atoms with E-state index in [1.165, 1.54) is 6.07 Å². The van der Waals surface area contributed by atoms with Crippen molar-refractivity contribution in [2.24, 2.45) is 0 Å². The molecule has 0 saturated heterocycles. The molecule has 6 heteroatoms. The van der Waals surface area contributed by atoms with Crippen molar-refractivity contribution in [1.29, 1.82) is 0 Å². The Hall–Kier alpha value is -0.400. The van der Waals surface area contributed by atoms with Gasteiger partial charge in [0, 0.05) is 4.43 Å². The first-order chi connectivity index (χ1) is 5.54. The highest BCUT2D eigenvalue weighted by molar-refractivity contribution is 14.1. The minimum atomic E-state index is -4.39. The monoisotopic (exact) mass is 288 g/mol. The zero-order valence-electron chi connectivity index (χ0n) is 5.77. The predicted octanol–water partition coefficient (Wildman–Crippen LogP) is 2.43. The van der Waals surface area contributed by atoms with E-state index in [9.17, 15) is 13.2 Å². The molecule has 1 aromatic rings. The molecule has 0 spiro atoms. The maximum Gasteiger partial charge on any atom is 0.435 e. The molecule has 0 unspecified atom stereocenters. The standard InChI is InChI=1S/C6H4F3IN2/c7-6(8,9)5-2-1-4(3-10)11-12-5/h1-2H,3H2. The topological polar surface area (TPSA) is 25.8 Å². The van der Waals surface area contributed by atoms with Gasteiger partial charge in [-0.1, -0.05) is 22.6 Å². The summed E-state index contributed by atoms with van der Waals surface area (Å²) in [5.74, 6) is 0. The Labute approximate surface area is 80.3 Å². The lowest BCUT2D eigenvalue weighted by Gasteiger charge is -2.03. The number of rotatable bonds is 1. The van der Waals surface area contributed by atoms with Gasteiger partial charge in [-0.15, -0.1) is 5.10 Å². The maximum absolute atomic E-state index is 11.9. The lowest BCUT2D eigenvalue weighted by atomic mass is 10.3.